The number of hydrogen-bond donors (Lipinski definition) is 0. The van der Waals surface area contributed by atoms with Gasteiger partial charge in [-0.1, -0.05) is 66.2 Å². The maximum Gasteiger partial charge on any atom is 2.00 e. The monoisotopic (exact) mass is 1190 g/mol. The van der Waals surface area contributed by atoms with Gasteiger partial charge in [-0.25, -0.2) is 0 Å². The van der Waals surface area contributed by atoms with Crippen LogP contribution in [-0.4, -0.2) is 28.9 Å². The standard InChI is InChI=1S/C22H26F2O.C18H19BrF2O.C18H19F2O.C4H7Cl.BrH.Mg/c1-7-8-9-19-10-16(4)21(17(5)11-19)22(23,24)25-20-12-14(2)18(6)15(3)13-20;1-10-8-16(9-11(2)14(10)5)22-18(20,21)17-12(3)6-15(19)7-13(17)4;1-11-7-6-8-12(2)17(11)18(19,20)21-16-9-13(3)15(5)14(4)10-16;1-2-3-4-5;;/h7-8,10-13H,9H2,1-6H3;6-9H,1-5H3;7-10H,1-5H3;2-3H,4H2,1H3;1H;/q;;-1;;;+2/p-1/b8-7+;;;3-2+;;. The van der Waals surface area contributed by atoms with E-state index in [4.69, 9.17) is 25.8 Å². The molecular weight excluding hydrogens is 1130 g/mol. The van der Waals surface area contributed by atoms with Gasteiger partial charge >= 0.3 is 41.4 Å². The molecule has 0 atom stereocenters. The number of rotatable bonds is 12. The summed E-state index contributed by atoms with van der Waals surface area (Å²) in [4.78, 5) is 0. The van der Waals surface area contributed by atoms with Crippen molar-refractivity contribution in [1.29, 1.82) is 0 Å². The molecule has 0 saturated carbocycles. The summed E-state index contributed by atoms with van der Waals surface area (Å²) in [5, 5.41) is 0. The second-order valence-corrected chi connectivity index (χ2v) is 19.8. The Kier molecular flexibility index (Phi) is 27.6. The van der Waals surface area contributed by atoms with Crippen LogP contribution in [0.25, 0.3) is 0 Å². The smallest absolute Gasteiger partial charge is 1.00 e. The third kappa shape index (κ3) is 19.3. The van der Waals surface area contributed by atoms with E-state index in [0.717, 1.165) is 66.5 Å². The summed E-state index contributed by atoms with van der Waals surface area (Å²) < 4.78 is 104. The summed E-state index contributed by atoms with van der Waals surface area (Å²) in [6.45, 7) is 31.2. The number of hydrogen-bond acceptors (Lipinski definition) is 3. The summed E-state index contributed by atoms with van der Waals surface area (Å²) in [6.07, 6.45) is -1.59. The fraction of sp³-hybridized carbons (Fsp3) is 0.355. The predicted molar refractivity (Wildman–Crippen MR) is 300 cm³/mol. The van der Waals surface area contributed by atoms with E-state index in [1.165, 1.54) is 0 Å². The van der Waals surface area contributed by atoms with Crippen molar-refractivity contribution in [3.8, 4) is 17.2 Å². The van der Waals surface area contributed by atoms with Crippen molar-refractivity contribution in [1.82, 2.24) is 0 Å². The number of ether oxygens (including phenoxy) is 3. The Hall–Kier alpha value is -4.20. The van der Waals surface area contributed by atoms with Crippen molar-refractivity contribution < 1.29 is 57.5 Å². The molecule has 75 heavy (non-hydrogen) atoms. The van der Waals surface area contributed by atoms with E-state index in [0.29, 0.717) is 39.3 Å². The van der Waals surface area contributed by atoms with Crippen molar-refractivity contribution in [2.75, 3.05) is 5.88 Å². The second kappa shape index (κ2) is 30.1. The molecule has 402 valence electrons. The van der Waals surface area contributed by atoms with Gasteiger partial charge in [-0.15, -0.1) is 22.7 Å². The van der Waals surface area contributed by atoms with Gasteiger partial charge in [0.1, 0.15) is 17.2 Å². The molecule has 6 aromatic carbocycles. The van der Waals surface area contributed by atoms with Crippen LogP contribution in [0.2, 0.25) is 0 Å². The Labute approximate surface area is 483 Å². The fourth-order valence-electron chi connectivity index (χ4n) is 8.31. The van der Waals surface area contributed by atoms with Crippen LogP contribution in [0.5, 0.6) is 17.2 Å². The zero-order valence-corrected chi connectivity index (χ0v) is 51.8. The molecule has 0 aliphatic carbocycles. The number of aryl methyl sites for hydroxylation is 12. The van der Waals surface area contributed by atoms with E-state index >= 15 is 0 Å². The Morgan fingerprint density at radius 3 is 0.960 bits per heavy atom. The number of halogens is 9. The number of allylic oxidation sites excluding steroid dienone is 4. The van der Waals surface area contributed by atoms with E-state index < -0.39 is 18.3 Å². The molecule has 0 N–H and O–H groups in total. The first-order valence-electron chi connectivity index (χ1n) is 24.0. The van der Waals surface area contributed by atoms with Crippen molar-refractivity contribution in [3.63, 3.8) is 0 Å². The van der Waals surface area contributed by atoms with Gasteiger partial charge in [0.2, 0.25) is 0 Å². The van der Waals surface area contributed by atoms with Crippen molar-refractivity contribution in [2.24, 2.45) is 0 Å². The molecule has 6 aromatic rings. The minimum absolute atomic E-state index is 0. The maximum absolute atomic E-state index is 14.9. The molecule has 0 unspecified atom stereocenters. The SMILES string of the molecule is C/C=C/CCl.C/C=C/Cc1cc(C)c(C(F)(F)Oc2cc(C)c(C)c(C)c2)c(C)c1.Cc1cc(OC(F)(F)c2c(C)c[c-]cc2C)cc(C)c1C.Cc1cc(OC(F)(F)c2c(C)cc(Br)cc2C)cc(C)c1C.[Br-].[Mg+2]. The van der Waals surface area contributed by atoms with Crippen molar-refractivity contribution in [3.05, 3.63) is 213 Å². The van der Waals surface area contributed by atoms with Gasteiger partial charge in [-0.05, 0) is 242 Å². The molecule has 0 spiro atoms. The molecule has 0 saturated heterocycles. The van der Waals surface area contributed by atoms with Crippen LogP contribution < -0.4 is 31.2 Å². The molecule has 0 aliphatic heterocycles. The predicted octanol–water partition coefficient (Wildman–Crippen LogP) is 16.2. The van der Waals surface area contributed by atoms with Gasteiger partial charge < -0.3 is 31.2 Å². The van der Waals surface area contributed by atoms with Gasteiger partial charge in [0, 0.05) is 10.4 Å². The minimum Gasteiger partial charge on any atom is -1.00 e. The van der Waals surface area contributed by atoms with Crippen LogP contribution in [-0.2, 0) is 24.7 Å². The van der Waals surface area contributed by atoms with E-state index in [1.807, 2.05) is 113 Å². The van der Waals surface area contributed by atoms with E-state index in [9.17, 15) is 26.3 Å². The first kappa shape index (κ1) is 68.8. The minimum atomic E-state index is -3.37. The first-order chi connectivity index (χ1) is 33.9. The van der Waals surface area contributed by atoms with Gasteiger partial charge in [-0.3, -0.25) is 0 Å². The third-order valence-corrected chi connectivity index (χ3v) is 13.3. The van der Waals surface area contributed by atoms with E-state index in [1.54, 1.807) is 102 Å². The van der Waals surface area contributed by atoms with Crippen LogP contribution in [0.1, 0.15) is 120 Å². The van der Waals surface area contributed by atoms with Crippen LogP contribution in [0.3, 0.4) is 0 Å². The largest absolute Gasteiger partial charge is 2.00 e. The summed E-state index contributed by atoms with van der Waals surface area (Å²) in [5.41, 5.74) is 12.8. The Bertz CT molecular complexity index is 2800. The van der Waals surface area contributed by atoms with Gasteiger partial charge in [0.05, 0.1) is 11.1 Å². The number of benzene rings is 6. The molecular formula is C62H71Br2ClF6MgO3. The van der Waals surface area contributed by atoms with Crippen LogP contribution >= 0.6 is 27.5 Å². The normalized spacial score (nSPS) is 11.3. The second-order valence-electron chi connectivity index (χ2n) is 18.6. The Balaban J connectivity index is 0.000000532. The van der Waals surface area contributed by atoms with Crippen LogP contribution in [0.4, 0.5) is 26.3 Å². The molecule has 0 aliphatic rings. The Morgan fingerprint density at radius 1 is 0.440 bits per heavy atom. The maximum atomic E-state index is 14.9. The van der Waals surface area contributed by atoms with Crippen LogP contribution in [0.15, 0.2) is 102 Å². The van der Waals surface area contributed by atoms with E-state index in [2.05, 4.69) is 22.0 Å². The van der Waals surface area contributed by atoms with Crippen LogP contribution in [0, 0.1) is 110 Å². The zero-order valence-electron chi connectivity index (χ0n) is 46.5. The average Bonchev–Trinajstić information content (AvgIpc) is 3.25. The molecule has 13 heteroatoms. The molecule has 0 radical (unpaired) electrons. The Morgan fingerprint density at radius 2 is 0.707 bits per heavy atom. The zero-order chi connectivity index (χ0) is 55.3. The van der Waals surface area contributed by atoms with Gasteiger partial charge in [0.25, 0.3) is 0 Å². The summed E-state index contributed by atoms with van der Waals surface area (Å²) >= 11 is 8.54. The molecule has 0 amide bonds. The summed E-state index contributed by atoms with van der Waals surface area (Å²) in [5.74, 6) is 1.21. The molecule has 0 fully saturated rings. The average molecular weight is 1200 g/mol. The van der Waals surface area contributed by atoms with E-state index in [-0.39, 0.29) is 74.0 Å². The van der Waals surface area contributed by atoms with Gasteiger partial charge in [0.15, 0.2) is 0 Å². The number of alkyl halides is 7. The molecule has 0 bridgehead atoms. The summed E-state index contributed by atoms with van der Waals surface area (Å²) in [6, 6.07) is 22.8. The quantitative estimate of drug-likeness (QED) is 0.0402. The summed E-state index contributed by atoms with van der Waals surface area (Å²) in [7, 11) is 0. The topological polar surface area (TPSA) is 27.7 Å². The van der Waals surface area contributed by atoms with Crippen molar-refractivity contribution in [2.45, 2.75) is 142 Å². The first-order valence-corrected chi connectivity index (χ1v) is 25.3. The third-order valence-electron chi connectivity index (χ3n) is 12.7. The molecule has 6 rings (SSSR count). The van der Waals surface area contributed by atoms with Crippen molar-refractivity contribution >= 4 is 50.6 Å². The fourth-order valence-corrected chi connectivity index (χ4v) is 9.18. The molecule has 0 aromatic heterocycles. The molecule has 3 nitrogen and oxygen atoms in total. The van der Waals surface area contributed by atoms with Gasteiger partial charge in [-0.2, -0.15) is 44.5 Å². The molecule has 0 heterocycles.